The van der Waals surface area contributed by atoms with Crippen molar-refractivity contribution in [3.05, 3.63) is 36.0 Å². The lowest BCUT2D eigenvalue weighted by atomic mass is 10.2. The molecule has 0 atom stereocenters. The van der Waals surface area contributed by atoms with Gasteiger partial charge in [-0.15, -0.1) is 0 Å². The molecule has 1 aromatic carbocycles. The van der Waals surface area contributed by atoms with Gasteiger partial charge >= 0.3 is 0 Å². The average Bonchev–Trinajstić information content (AvgIpc) is 2.67. The second kappa shape index (κ2) is 5.86. The molecule has 3 nitrogen and oxygen atoms in total. The number of hydrogen-bond donors (Lipinski definition) is 1. The highest BCUT2D eigenvalue weighted by Gasteiger charge is 1.90. The fourth-order valence-electron chi connectivity index (χ4n) is 1.24. The zero-order chi connectivity index (χ0) is 11.1. The van der Waals surface area contributed by atoms with Gasteiger partial charge in [-0.25, -0.2) is 0 Å². The molecule has 0 aliphatic carbocycles. The van der Waals surface area contributed by atoms with E-state index in [4.69, 9.17) is 0 Å². The van der Waals surface area contributed by atoms with Crippen LogP contribution in [0.3, 0.4) is 0 Å². The van der Waals surface area contributed by atoms with E-state index in [1.54, 1.807) is 6.92 Å². The van der Waals surface area contributed by atoms with E-state index in [0.29, 0.717) is 13.1 Å². The number of aromatic amines is 1. The lowest BCUT2D eigenvalue weighted by Crippen LogP contribution is -1.80. The number of H-pyrrole nitrogens is 1. The van der Waals surface area contributed by atoms with E-state index >= 15 is 0 Å². The summed E-state index contributed by atoms with van der Waals surface area (Å²) in [4.78, 5) is 12.3. The number of hydrogen-bond acceptors (Lipinski definition) is 2. The van der Waals surface area contributed by atoms with E-state index in [-0.39, 0.29) is 0 Å². The zero-order valence-electron chi connectivity index (χ0n) is 8.99. The monoisotopic (exact) mass is 205 g/mol. The summed E-state index contributed by atoms with van der Waals surface area (Å²) in [6.07, 6.45) is 1.96. The molecular weight excluding hydrogens is 190 g/mol. The highest BCUT2D eigenvalue weighted by Crippen LogP contribution is 2.12. The Balaban J connectivity index is 0.000000195. The summed E-state index contributed by atoms with van der Waals surface area (Å²) in [5, 5.41) is 1.29. The van der Waals surface area contributed by atoms with Crippen LogP contribution in [0.2, 0.25) is 0 Å². The van der Waals surface area contributed by atoms with Gasteiger partial charge in [0.25, 0.3) is 6.47 Å². The molecule has 15 heavy (non-hydrogen) atoms. The van der Waals surface area contributed by atoms with Crippen molar-refractivity contribution in [2.75, 3.05) is 6.61 Å². The minimum atomic E-state index is 0.431. The number of ether oxygens (including phenoxy) is 1. The maximum Gasteiger partial charge on any atom is 0.293 e. The number of aryl methyl sites for hydroxylation is 1. The molecule has 0 bridgehead atoms. The Labute approximate surface area is 89.1 Å². The van der Waals surface area contributed by atoms with Crippen molar-refractivity contribution in [3.8, 4) is 0 Å². The van der Waals surface area contributed by atoms with E-state index in [0.717, 1.165) is 0 Å². The van der Waals surface area contributed by atoms with Gasteiger partial charge in [0.15, 0.2) is 0 Å². The number of aromatic nitrogens is 1. The maximum atomic E-state index is 9.18. The van der Waals surface area contributed by atoms with Gasteiger partial charge < -0.3 is 9.72 Å². The number of rotatable bonds is 2. The number of carbonyl (C=O) groups excluding carboxylic acids is 1. The lowest BCUT2D eigenvalue weighted by Gasteiger charge is -1.90. The van der Waals surface area contributed by atoms with Gasteiger partial charge in [-0.3, -0.25) is 4.79 Å². The highest BCUT2D eigenvalue weighted by atomic mass is 16.5. The van der Waals surface area contributed by atoms with Crippen molar-refractivity contribution in [2.45, 2.75) is 13.8 Å². The second-order valence-corrected chi connectivity index (χ2v) is 3.12. The summed E-state index contributed by atoms with van der Waals surface area (Å²) >= 11 is 0. The van der Waals surface area contributed by atoms with Crippen molar-refractivity contribution in [3.63, 3.8) is 0 Å². The van der Waals surface area contributed by atoms with Crippen LogP contribution in [0.4, 0.5) is 0 Å². The molecule has 80 valence electrons. The molecule has 1 N–H and O–H groups in total. The second-order valence-electron chi connectivity index (χ2n) is 3.12. The molecule has 0 amide bonds. The first-order valence-electron chi connectivity index (χ1n) is 4.87. The van der Waals surface area contributed by atoms with Gasteiger partial charge in [-0.2, -0.15) is 0 Å². The summed E-state index contributed by atoms with van der Waals surface area (Å²) < 4.78 is 4.15. The first-order chi connectivity index (χ1) is 7.27. The van der Waals surface area contributed by atoms with Crippen LogP contribution >= 0.6 is 0 Å². The van der Waals surface area contributed by atoms with E-state index in [2.05, 4.69) is 40.9 Å². The van der Waals surface area contributed by atoms with Crippen molar-refractivity contribution in [1.29, 1.82) is 0 Å². The largest absolute Gasteiger partial charge is 0.468 e. The molecule has 0 aliphatic rings. The van der Waals surface area contributed by atoms with Crippen molar-refractivity contribution in [1.82, 2.24) is 4.98 Å². The SMILES string of the molecule is CCOC=O.Cc1ccc2[nH]ccc2c1. The summed E-state index contributed by atoms with van der Waals surface area (Å²) in [7, 11) is 0. The lowest BCUT2D eigenvalue weighted by molar-refractivity contribution is -0.128. The smallest absolute Gasteiger partial charge is 0.293 e. The van der Waals surface area contributed by atoms with Gasteiger partial charge in [-0.05, 0) is 37.4 Å². The number of nitrogens with one attached hydrogen (secondary N) is 1. The molecule has 0 unspecified atom stereocenters. The van der Waals surface area contributed by atoms with Gasteiger partial charge in [-0.1, -0.05) is 11.6 Å². The van der Waals surface area contributed by atoms with Gasteiger partial charge in [0.2, 0.25) is 0 Å². The first kappa shape index (κ1) is 11.3. The predicted octanol–water partition coefficient (Wildman–Crippen LogP) is 2.66. The fourth-order valence-corrected chi connectivity index (χ4v) is 1.24. The van der Waals surface area contributed by atoms with E-state index in [1.807, 2.05) is 6.20 Å². The molecule has 1 aromatic heterocycles. The van der Waals surface area contributed by atoms with Crippen molar-refractivity contribution in [2.24, 2.45) is 0 Å². The normalized spacial score (nSPS) is 9.20. The Bertz CT molecular complexity index is 420. The molecule has 0 saturated heterocycles. The van der Waals surface area contributed by atoms with E-state index in [9.17, 15) is 4.79 Å². The topological polar surface area (TPSA) is 42.1 Å². The quantitative estimate of drug-likeness (QED) is 0.766. The molecule has 0 fully saturated rings. The zero-order valence-corrected chi connectivity index (χ0v) is 8.99. The van der Waals surface area contributed by atoms with Gasteiger partial charge in [0, 0.05) is 11.7 Å². The average molecular weight is 205 g/mol. The Hall–Kier alpha value is -1.77. The van der Waals surface area contributed by atoms with Gasteiger partial charge in [0.05, 0.1) is 6.61 Å². The molecular formula is C12H15NO2. The number of fused-ring (bicyclic) bond motifs is 1. The molecule has 0 saturated carbocycles. The Morgan fingerprint density at radius 2 is 2.20 bits per heavy atom. The molecule has 1 heterocycles. The maximum absolute atomic E-state index is 9.18. The fraction of sp³-hybridized carbons (Fsp3) is 0.250. The first-order valence-corrected chi connectivity index (χ1v) is 4.87. The van der Waals surface area contributed by atoms with Crippen LogP contribution < -0.4 is 0 Å². The third kappa shape index (κ3) is 3.46. The molecule has 0 spiro atoms. The van der Waals surface area contributed by atoms with E-state index in [1.165, 1.54) is 16.5 Å². The summed E-state index contributed by atoms with van der Waals surface area (Å²) in [6, 6.07) is 8.47. The summed E-state index contributed by atoms with van der Waals surface area (Å²) in [6.45, 7) is 4.77. The van der Waals surface area contributed by atoms with Crippen LogP contribution in [-0.4, -0.2) is 18.1 Å². The predicted molar refractivity (Wildman–Crippen MR) is 60.7 cm³/mol. The van der Waals surface area contributed by atoms with Crippen LogP contribution in [0.5, 0.6) is 0 Å². The summed E-state index contributed by atoms with van der Waals surface area (Å²) in [5.74, 6) is 0. The minimum Gasteiger partial charge on any atom is -0.468 e. The number of benzene rings is 1. The summed E-state index contributed by atoms with van der Waals surface area (Å²) in [5.41, 5.74) is 2.53. The van der Waals surface area contributed by atoms with Crippen LogP contribution in [0.1, 0.15) is 12.5 Å². The van der Waals surface area contributed by atoms with E-state index < -0.39 is 0 Å². The minimum absolute atomic E-state index is 0.431. The Morgan fingerprint density at radius 1 is 1.40 bits per heavy atom. The van der Waals surface area contributed by atoms with Crippen LogP contribution in [0.15, 0.2) is 30.5 Å². The molecule has 0 aliphatic heterocycles. The van der Waals surface area contributed by atoms with Crippen LogP contribution in [0.25, 0.3) is 10.9 Å². The molecule has 3 heteroatoms. The number of carbonyl (C=O) groups is 1. The molecule has 0 radical (unpaired) electrons. The third-order valence-electron chi connectivity index (χ3n) is 1.94. The highest BCUT2D eigenvalue weighted by molar-refractivity contribution is 5.79. The van der Waals surface area contributed by atoms with Gasteiger partial charge in [0.1, 0.15) is 0 Å². The Morgan fingerprint density at radius 3 is 2.80 bits per heavy atom. The standard InChI is InChI=1S/C9H9N.C3H6O2/c1-7-2-3-9-8(6-7)4-5-10-9;1-2-5-3-4/h2-6,10H,1H3;3H,2H2,1H3. The third-order valence-corrected chi connectivity index (χ3v) is 1.94. The molecule has 2 aromatic rings. The Kier molecular flexibility index (Phi) is 4.41. The van der Waals surface area contributed by atoms with Crippen molar-refractivity contribution < 1.29 is 9.53 Å². The molecule has 2 rings (SSSR count). The van der Waals surface area contributed by atoms with Crippen molar-refractivity contribution >= 4 is 17.4 Å². The van der Waals surface area contributed by atoms with Crippen LogP contribution in [-0.2, 0) is 9.53 Å². The van der Waals surface area contributed by atoms with Crippen LogP contribution in [0, 0.1) is 6.92 Å².